The molecule has 1 heterocycles. The van der Waals surface area contributed by atoms with E-state index < -0.39 is 10.0 Å². The lowest BCUT2D eigenvalue weighted by molar-refractivity contribution is 0.415. The molecule has 6 nitrogen and oxygen atoms in total. The number of hydrogen-bond acceptors (Lipinski definition) is 5. The van der Waals surface area contributed by atoms with Crippen molar-refractivity contribution in [3.05, 3.63) is 65.0 Å². The predicted molar refractivity (Wildman–Crippen MR) is 104 cm³/mol. The Hall–Kier alpha value is -2.51. The van der Waals surface area contributed by atoms with Gasteiger partial charge in [0.15, 0.2) is 5.82 Å². The predicted octanol–water partition coefficient (Wildman–Crippen LogP) is 3.53. The molecule has 0 aliphatic rings. The number of nitrogens with zero attached hydrogens (tertiary/aromatic N) is 3. The van der Waals surface area contributed by atoms with Gasteiger partial charge in [0.1, 0.15) is 0 Å². The minimum atomic E-state index is -3.55. The molecule has 0 radical (unpaired) electrons. The van der Waals surface area contributed by atoms with Crippen LogP contribution in [0.1, 0.15) is 22.5 Å². The molecule has 0 fully saturated rings. The number of hydrogen-bond donors (Lipinski definition) is 0. The van der Waals surface area contributed by atoms with Crippen LogP contribution in [0.4, 0.5) is 0 Å². The van der Waals surface area contributed by atoms with Gasteiger partial charge >= 0.3 is 0 Å². The molecule has 0 aliphatic heterocycles. The first-order valence-corrected chi connectivity index (χ1v) is 10.1. The van der Waals surface area contributed by atoms with E-state index in [2.05, 4.69) is 10.1 Å². The molecule has 142 valence electrons. The van der Waals surface area contributed by atoms with E-state index in [4.69, 9.17) is 4.52 Å². The standard InChI is InChI=1S/C20H23N3O3S/c1-14-5-8-17(9-6-14)20-21-19(22-26-20)11-12-23(4)27(24,25)18-10-7-15(2)16(3)13-18/h5-10,13H,11-12H2,1-4H3. The fourth-order valence-corrected chi connectivity index (χ4v) is 3.86. The molecule has 0 aliphatic carbocycles. The van der Waals surface area contributed by atoms with Gasteiger partial charge in [0.25, 0.3) is 5.89 Å². The van der Waals surface area contributed by atoms with Crippen molar-refractivity contribution in [3.63, 3.8) is 0 Å². The van der Waals surface area contributed by atoms with E-state index in [0.717, 1.165) is 22.3 Å². The highest BCUT2D eigenvalue weighted by Gasteiger charge is 2.21. The molecule has 0 spiro atoms. The number of sulfonamides is 1. The summed E-state index contributed by atoms with van der Waals surface area (Å²) in [6.07, 6.45) is 0.371. The summed E-state index contributed by atoms with van der Waals surface area (Å²) in [5.41, 5.74) is 4.00. The first-order valence-electron chi connectivity index (χ1n) is 8.70. The number of likely N-dealkylation sites (N-methyl/N-ethyl adjacent to an activating group) is 1. The van der Waals surface area contributed by atoms with Crippen molar-refractivity contribution in [2.24, 2.45) is 0 Å². The van der Waals surface area contributed by atoms with Crippen LogP contribution in [0.2, 0.25) is 0 Å². The van der Waals surface area contributed by atoms with E-state index in [1.165, 1.54) is 4.31 Å². The largest absolute Gasteiger partial charge is 0.334 e. The van der Waals surface area contributed by atoms with Crippen LogP contribution in [0, 0.1) is 20.8 Å². The molecule has 0 atom stereocenters. The van der Waals surface area contributed by atoms with Crippen LogP contribution in [0.3, 0.4) is 0 Å². The highest BCUT2D eigenvalue weighted by Crippen LogP contribution is 2.20. The molecule has 7 heteroatoms. The van der Waals surface area contributed by atoms with Crippen LogP contribution in [0.5, 0.6) is 0 Å². The number of rotatable bonds is 6. The Balaban J connectivity index is 1.69. The molecular weight excluding hydrogens is 362 g/mol. The molecule has 2 aromatic carbocycles. The quantitative estimate of drug-likeness (QED) is 0.649. The van der Waals surface area contributed by atoms with Crippen molar-refractivity contribution in [3.8, 4) is 11.5 Å². The molecule has 3 rings (SSSR count). The van der Waals surface area contributed by atoms with Gasteiger partial charge in [-0.05, 0) is 56.2 Å². The third-order valence-electron chi connectivity index (χ3n) is 4.60. The maximum absolute atomic E-state index is 12.7. The summed E-state index contributed by atoms with van der Waals surface area (Å²) in [5, 5.41) is 3.96. The maximum Gasteiger partial charge on any atom is 0.257 e. The van der Waals surface area contributed by atoms with E-state index in [1.807, 2.05) is 51.1 Å². The van der Waals surface area contributed by atoms with Gasteiger partial charge in [-0.2, -0.15) is 4.98 Å². The van der Waals surface area contributed by atoms with Crippen molar-refractivity contribution in [2.75, 3.05) is 13.6 Å². The molecule has 27 heavy (non-hydrogen) atoms. The zero-order valence-corrected chi connectivity index (χ0v) is 16.7. The van der Waals surface area contributed by atoms with Gasteiger partial charge in [-0.25, -0.2) is 12.7 Å². The molecule has 0 amide bonds. The van der Waals surface area contributed by atoms with Crippen molar-refractivity contribution in [2.45, 2.75) is 32.1 Å². The molecule has 3 aromatic rings. The Kier molecular flexibility index (Phi) is 5.43. The lowest BCUT2D eigenvalue weighted by Crippen LogP contribution is -2.29. The van der Waals surface area contributed by atoms with Crippen LogP contribution in [0.15, 0.2) is 51.9 Å². The van der Waals surface area contributed by atoms with Crippen molar-refractivity contribution in [1.29, 1.82) is 0 Å². The van der Waals surface area contributed by atoms with E-state index in [-0.39, 0.29) is 6.54 Å². The SMILES string of the molecule is Cc1ccc(-c2nc(CCN(C)S(=O)(=O)c3ccc(C)c(C)c3)no2)cc1. The molecular formula is C20H23N3O3S. The fourth-order valence-electron chi connectivity index (χ4n) is 2.60. The average Bonchev–Trinajstić information content (AvgIpc) is 3.11. The fraction of sp³-hybridized carbons (Fsp3) is 0.300. The molecule has 0 unspecified atom stereocenters. The summed E-state index contributed by atoms with van der Waals surface area (Å²) in [5.74, 6) is 0.914. The Morgan fingerprint density at radius 2 is 1.70 bits per heavy atom. The zero-order valence-electron chi connectivity index (χ0n) is 15.9. The van der Waals surface area contributed by atoms with Crippen LogP contribution in [0.25, 0.3) is 11.5 Å². The third kappa shape index (κ3) is 4.26. The summed E-state index contributed by atoms with van der Waals surface area (Å²) >= 11 is 0. The average molecular weight is 385 g/mol. The number of benzene rings is 2. The lowest BCUT2D eigenvalue weighted by atomic mass is 10.1. The summed E-state index contributed by atoms with van der Waals surface area (Å²) in [4.78, 5) is 4.66. The monoisotopic (exact) mass is 385 g/mol. The van der Waals surface area contributed by atoms with Gasteiger partial charge in [-0.3, -0.25) is 0 Å². The Morgan fingerprint density at radius 3 is 2.37 bits per heavy atom. The number of aromatic nitrogens is 2. The molecule has 0 bridgehead atoms. The van der Waals surface area contributed by atoms with Gasteiger partial charge in [0.2, 0.25) is 10.0 Å². The van der Waals surface area contributed by atoms with E-state index >= 15 is 0 Å². The van der Waals surface area contributed by atoms with E-state index in [0.29, 0.717) is 23.0 Å². The van der Waals surface area contributed by atoms with Gasteiger partial charge in [0, 0.05) is 25.6 Å². The highest BCUT2D eigenvalue weighted by atomic mass is 32.2. The molecule has 0 N–H and O–H groups in total. The lowest BCUT2D eigenvalue weighted by Gasteiger charge is -2.17. The summed E-state index contributed by atoms with van der Waals surface area (Å²) in [6.45, 7) is 6.13. The van der Waals surface area contributed by atoms with Gasteiger partial charge in [0.05, 0.1) is 4.90 Å². The summed E-state index contributed by atoms with van der Waals surface area (Å²) in [7, 11) is -1.99. The minimum absolute atomic E-state index is 0.266. The molecule has 0 saturated heterocycles. The molecule has 1 aromatic heterocycles. The van der Waals surface area contributed by atoms with Gasteiger partial charge in [-0.1, -0.05) is 28.9 Å². The van der Waals surface area contributed by atoms with Crippen LogP contribution < -0.4 is 0 Å². The second-order valence-electron chi connectivity index (χ2n) is 6.70. The van der Waals surface area contributed by atoms with Crippen molar-refractivity contribution < 1.29 is 12.9 Å². The summed E-state index contributed by atoms with van der Waals surface area (Å²) < 4.78 is 32.1. The maximum atomic E-state index is 12.7. The minimum Gasteiger partial charge on any atom is -0.334 e. The topological polar surface area (TPSA) is 76.3 Å². The van der Waals surface area contributed by atoms with Gasteiger partial charge in [-0.15, -0.1) is 0 Å². The normalized spacial score (nSPS) is 11.9. The molecule has 0 saturated carbocycles. The third-order valence-corrected chi connectivity index (χ3v) is 6.46. The van der Waals surface area contributed by atoms with Gasteiger partial charge < -0.3 is 4.52 Å². The second kappa shape index (κ2) is 7.62. The Labute approximate surface area is 159 Å². The number of aryl methyl sites for hydroxylation is 3. The first kappa shape index (κ1) is 19.3. The smallest absolute Gasteiger partial charge is 0.257 e. The Morgan fingerprint density at radius 1 is 1.00 bits per heavy atom. The van der Waals surface area contributed by atoms with E-state index in [9.17, 15) is 8.42 Å². The zero-order chi connectivity index (χ0) is 19.6. The van der Waals surface area contributed by atoms with Crippen LogP contribution >= 0.6 is 0 Å². The van der Waals surface area contributed by atoms with Crippen LogP contribution in [-0.4, -0.2) is 36.5 Å². The van der Waals surface area contributed by atoms with E-state index in [1.54, 1.807) is 19.2 Å². The second-order valence-corrected chi connectivity index (χ2v) is 8.75. The van der Waals surface area contributed by atoms with Crippen molar-refractivity contribution in [1.82, 2.24) is 14.4 Å². The highest BCUT2D eigenvalue weighted by molar-refractivity contribution is 7.89. The van der Waals surface area contributed by atoms with Crippen LogP contribution in [-0.2, 0) is 16.4 Å². The summed E-state index contributed by atoms with van der Waals surface area (Å²) in [6, 6.07) is 12.9. The Bertz CT molecular complexity index is 1040. The van der Waals surface area contributed by atoms with Crippen molar-refractivity contribution >= 4 is 10.0 Å². The first-order chi connectivity index (χ1) is 12.8.